The average Bonchev–Trinajstić information content (AvgIpc) is 1.96. The van der Waals surface area contributed by atoms with Gasteiger partial charge in [-0.05, 0) is 27.7 Å². The monoisotopic (exact) mass is 272 g/mol. The highest BCUT2D eigenvalue weighted by molar-refractivity contribution is 7.90. The smallest absolute Gasteiger partial charge is 0.213 e. The summed E-state index contributed by atoms with van der Waals surface area (Å²) in [6, 6.07) is 0. The fraction of sp³-hybridized carbons (Fsp3) is 1.00. The maximum Gasteiger partial charge on any atom is 0.213 e. The maximum absolute atomic E-state index is 11.5. The third-order valence-corrected chi connectivity index (χ3v) is 4.51. The van der Waals surface area contributed by atoms with Crippen molar-refractivity contribution in [2.45, 2.75) is 38.5 Å². The van der Waals surface area contributed by atoms with Crippen molar-refractivity contribution in [3.8, 4) is 0 Å². The van der Waals surface area contributed by atoms with Gasteiger partial charge in [0.15, 0.2) is 0 Å². The molecule has 0 saturated heterocycles. The Kier molecular flexibility index (Phi) is 4.93. The molecule has 0 rings (SSSR count). The van der Waals surface area contributed by atoms with Gasteiger partial charge in [0.05, 0.1) is 11.5 Å². The van der Waals surface area contributed by atoms with Crippen LogP contribution >= 0.6 is 0 Å². The summed E-state index contributed by atoms with van der Waals surface area (Å²) in [4.78, 5) is 0. The van der Waals surface area contributed by atoms with E-state index < -0.39 is 30.8 Å². The zero-order valence-corrected chi connectivity index (χ0v) is 11.9. The molecule has 8 heteroatoms. The molecule has 98 valence electrons. The standard InChI is InChI=1S/C8H20N2O4S2/c1-7(2)16(13,14)9-6-8(3,4)10-15(5,11)12/h7,9-10H,6H2,1-5H3. The molecule has 0 aromatic rings. The summed E-state index contributed by atoms with van der Waals surface area (Å²) in [6.45, 7) is 6.34. The van der Waals surface area contributed by atoms with Crippen LogP contribution in [-0.2, 0) is 20.0 Å². The van der Waals surface area contributed by atoms with Crippen LogP contribution in [-0.4, -0.2) is 40.4 Å². The third-order valence-electron chi connectivity index (χ3n) is 1.80. The topological polar surface area (TPSA) is 92.3 Å². The molecule has 0 atom stereocenters. The van der Waals surface area contributed by atoms with E-state index in [1.807, 2.05) is 0 Å². The zero-order chi connectivity index (χ0) is 13.2. The first-order valence-corrected chi connectivity index (χ1v) is 8.27. The van der Waals surface area contributed by atoms with Crippen LogP contribution in [0.4, 0.5) is 0 Å². The van der Waals surface area contributed by atoms with E-state index >= 15 is 0 Å². The van der Waals surface area contributed by atoms with Crippen molar-refractivity contribution in [3.63, 3.8) is 0 Å². The van der Waals surface area contributed by atoms with Crippen LogP contribution < -0.4 is 9.44 Å². The molecule has 0 heterocycles. The van der Waals surface area contributed by atoms with E-state index in [4.69, 9.17) is 0 Å². The van der Waals surface area contributed by atoms with E-state index in [2.05, 4.69) is 9.44 Å². The highest BCUT2D eigenvalue weighted by Gasteiger charge is 2.25. The second-order valence-corrected chi connectivity index (χ2v) is 8.74. The maximum atomic E-state index is 11.5. The number of hydrogen-bond donors (Lipinski definition) is 2. The molecule has 0 aliphatic rings. The van der Waals surface area contributed by atoms with E-state index in [-0.39, 0.29) is 6.54 Å². The second kappa shape index (κ2) is 4.99. The second-order valence-electron chi connectivity index (χ2n) is 4.67. The first kappa shape index (κ1) is 15.8. The Hall–Kier alpha value is -0.180. The number of hydrogen-bond acceptors (Lipinski definition) is 4. The van der Waals surface area contributed by atoms with Crippen LogP contribution in [0.1, 0.15) is 27.7 Å². The van der Waals surface area contributed by atoms with E-state index in [9.17, 15) is 16.8 Å². The van der Waals surface area contributed by atoms with Crippen LogP contribution in [0.15, 0.2) is 0 Å². The average molecular weight is 272 g/mol. The van der Waals surface area contributed by atoms with Crippen molar-refractivity contribution in [1.29, 1.82) is 0 Å². The molecule has 0 radical (unpaired) electrons. The first-order chi connectivity index (χ1) is 6.86. The zero-order valence-electron chi connectivity index (χ0n) is 10.2. The van der Waals surface area contributed by atoms with Gasteiger partial charge >= 0.3 is 0 Å². The molecule has 6 nitrogen and oxygen atoms in total. The normalized spacial score (nSPS) is 14.4. The minimum Gasteiger partial charge on any atom is -0.213 e. The molecule has 0 aliphatic heterocycles. The summed E-state index contributed by atoms with van der Waals surface area (Å²) in [5.74, 6) is 0. The minimum atomic E-state index is -3.37. The SMILES string of the molecule is CC(C)S(=O)(=O)NCC(C)(C)NS(C)(=O)=O. The Morgan fingerprint density at radius 2 is 1.56 bits per heavy atom. The van der Waals surface area contributed by atoms with Gasteiger partial charge in [0.25, 0.3) is 0 Å². The Morgan fingerprint density at radius 1 is 1.12 bits per heavy atom. The van der Waals surface area contributed by atoms with E-state index in [1.165, 1.54) is 0 Å². The van der Waals surface area contributed by atoms with Crippen LogP contribution in [0.25, 0.3) is 0 Å². The molecular formula is C8H20N2O4S2. The third kappa shape index (κ3) is 6.41. The predicted octanol–water partition coefficient (Wildman–Crippen LogP) is -0.358. The van der Waals surface area contributed by atoms with Crippen molar-refractivity contribution in [2.75, 3.05) is 12.8 Å². The lowest BCUT2D eigenvalue weighted by Gasteiger charge is -2.25. The Labute approximate surface area is 97.9 Å². The van der Waals surface area contributed by atoms with Crippen molar-refractivity contribution >= 4 is 20.0 Å². The highest BCUT2D eigenvalue weighted by atomic mass is 32.2. The van der Waals surface area contributed by atoms with Crippen molar-refractivity contribution in [2.24, 2.45) is 0 Å². The quantitative estimate of drug-likeness (QED) is 0.691. The van der Waals surface area contributed by atoms with Crippen molar-refractivity contribution in [1.82, 2.24) is 9.44 Å². The Bertz CT molecular complexity index is 423. The summed E-state index contributed by atoms with van der Waals surface area (Å²) in [5, 5.41) is -0.540. The van der Waals surface area contributed by atoms with Gasteiger partial charge in [0.2, 0.25) is 20.0 Å². The van der Waals surface area contributed by atoms with Crippen LogP contribution in [0.2, 0.25) is 0 Å². The minimum absolute atomic E-state index is 0.0145. The van der Waals surface area contributed by atoms with Crippen LogP contribution in [0.5, 0.6) is 0 Å². The van der Waals surface area contributed by atoms with Gasteiger partial charge in [-0.15, -0.1) is 0 Å². The fourth-order valence-corrected chi connectivity index (χ4v) is 2.96. The fourth-order valence-electron chi connectivity index (χ4n) is 0.986. The summed E-state index contributed by atoms with van der Waals surface area (Å²) < 4.78 is 49.7. The van der Waals surface area contributed by atoms with Gasteiger partial charge in [-0.1, -0.05) is 0 Å². The Balaban J connectivity index is 4.53. The summed E-state index contributed by atoms with van der Waals surface area (Å²) in [5.41, 5.74) is -0.852. The molecule has 2 N–H and O–H groups in total. The number of rotatable bonds is 6. The molecule has 0 saturated carbocycles. The lowest BCUT2D eigenvalue weighted by Crippen LogP contribution is -2.51. The molecule has 16 heavy (non-hydrogen) atoms. The van der Waals surface area contributed by atoms with Gasteiger partial charge in [-0.3, -0.25) is 0 Å². The largest absolute Gasteiger partial charge is 0.213 e. The lowest BCUT2D eigenvalue weighted by atomic mass is 10.1. The van der Waals surface area contributed by atoms with Crippen molar-refractivity contribution < 1.29 is 16.8 Å². The molecule has 0 spiro atoms. The molecule has 0 aromatic heterocycles. The van der Waals surface area contributed by atoms with Crippen molar-refractivity contribution in [3.05, 3.63) is 0 Å². The van der Waals surface area contributed by atoms with Gasteiger partial charge in [0, 0.05) is 12.1 Å². The molecule has 0 aromatic carbocycles. The summed E-state index contributed by atoms with van der Waals surface area (Å²) >= 11 is 0. The lowest BCUT2D eigenvalue weighted by molar-refractivity contribution is 0.445. The molecule has 0 bridgehead atoms. The molecule has 0 aliphatic carbocycles. The Morgan fingerprint density at radius 3 is 1.88 bits per heavy atom. The summed E-state index contributed by atoms with van der Waals surface area (Å²) in [6.07, 6.45) is 1.03. The van der Waals surface area contributed by atoms with E-state index in [0.717, 1.165) is 6.26 Å². The van der Waals surface area contributed by atoms with E-state index in [1.54, 1.807) is 27.7 Å². The van der Waals surface area contributed by atoms with Gasteiger partial charge in [0.1, 0.15) is 0 Å². The molecule has 0 unspecified atom stereocenters. The molecule has 0 fully saturated rings. The van der Waals surface area contributed by atoms with Gasteiger partial charge < -0.3 is 0 Å². The van der Waals surface area contributed by atoms with Crippen LogP contribution in [0, 0.1) is 0 Å². The number of sulfonamides is 2. The summed E-state index contributed by atoms with van der Waals surface area (Å²) in [7, 11) is -6.73. The van der Waals surface area contributed by atoms with Crippen LogP contribution in [0.3, 0.4) is 0 Å². The number of nitrogens with one attached hydrogen (secondary N) is 2. The first-order valence-electron chi connectivity index (χ1n) is 4.83. The van der Waals surface area contributed by atoms with Gasteiger partial charge in [-0.2, -0.15) is 0 Å². The highest BCUT2D eigenvalue weighted by Crippen LogP contribution is 2.04. The predicted molar refractivity (Wildman–Crippen MR) is 64.1 cm³/mol. The molecular weight excluding hydrogens is 252 g/mol. The van der Waals surface area contributed by atoms with Gasteiger partial charge in [-0.25, -0.2) is 26.3 Å². The molecule has 0 amide bonds. The van der Waals surface area contributed by atoms with E-state index in [0.29, 0.717) is 0 Å².